The smallest absolute Gasteiger partial charge is 0.274 e. The highest BCUT2D eigenvalue weighted by molar-refractivity contribution is 5.93. The molecule has 2 aliphatic rings. The molecule has 0 spiro atoms. The molecule has 0 radical (unpaired) electrons. The molecular weight excluding hydrogens is 336 g/mol. The zero-order chi connectivity index (χ0) is 18.8. The van der Waals surface area contributed by atoms with Crippen LogP contribution in [-0.4, -0.2) is 46.8 Å². The van der Waals surface area contributed by atoms with Gasteiger partial charge in [0.05, 0.1) is 24.2 Å². The van der Waals surface area contributed by atoms with E-state index in [1.807, 2.05) is 25.7 Å². The van der Waals surface area contributed by atoms with E-state index in [0.29, 0.717) is 24.5 Å². The van der Waals surface area contributed by atoms with E-state index in [9.17, 15) is 9.59 Å². The number of hydroxylamine groups is 1. The summed E-state index contributed by atoms with van der Waals surface area (Å²) in [4.78, 5) is 26.5. The Hall–Kier alpha value is -2.12. The molecule has 4 atom stereocenters. The summed E-state index contributed by atoms with van der Waals surface area (Å²) in [6.07, 6.45) is 2.06. The van der Waals surface area contributed by atoms with Crippen LogP contribution in [0.25, 0.3) is 0 Å². The molecule has 1 aromatic carbocycles. The summed E-state index contributed by atoms with van der Waals surface area (Å²) in [5, 5.41) is 8.78. The lowest BCUT2D eigenvalue weighted by molar-refractivity contribution is -0.142. The molecule has 0 saturated carbocycles. The van der Waals surface area contributed by atoms with Gasteiger partial charge in [0.2, 0.25) is 5.91 Å². The summed E-state index contributed by atoms with van der Waals surface area (Å²) in [6, 6.07) is 4.87. The van der Waals surface area contributed by atoms with Crippen LogP contribution in [-0.2, 0) is 16.1 Å². The Balaban J connectivity index is 1.78. The Labute approximate surface area is 153 Å². The van der Waals surface area contributed by atoms with Crippen LogP contribution in [0.4, 0.5) is 0 Å². The Morgan fingerprint density at radius 2 is 2.08 bits per heavy atom. The van der Waals surface area contributed by atoms with E-state index in [4.69, 9.17) is 14.7 Å². The molecular formula is C19H26N2O5. The van der Waals surface area contributed by atoms with Crippen molar-refractivity contribution >= 4 is 11.8 Å². The van der Waals surface area contributed by atoms with Crippen LogP contribution in [0.15, 0.2) is 18.2 Å². The van der Waals surface area contributed by atoms with Crippen LogP contribution in [0.5, 0.6) is 5.75 Å². The molecule has 3 rings (SSSR count). The first-order valence-electron chi connectivity index (χ1n) is 9.06. The third kappa shape index (κ3) is 3.68. The molecule has 2 aliphatic heterocycles. The Morgan fingerprint density at radius 3 is 2.73 bits per heavy atom. The topological polar surface area (TPSA) is 88.1 Å². The highest BCUT2D eigenvalue weighted by atomic mass is 16.5. The lowest BCUT2D eigenvalue weighted by atomic mass is 9.99. The average molecular weight is 362 g/mol. The van der Waals surface area contributed by atoms with E-state index in [1.54, 1.807) is 23.7 Å². The number of fused-ring (bicyclic) bond motifs is 1. The number of nitrogens with one attached hydrogen (secondary N) is 1. The van der Waals surface area contributed by atoms with Crippen molar-refractivity contribution in [3.05, 3.63) is 29.3 Å². The minimum atomic E-state index is -0.595. The van der Waals surface area contributed by atoms with Gasteiger partial charge >= 0.3 is 0 Å². The largest absolute Gasteiger partial charge is 0.491 e. The van der Waals surface area contributed by atoms with E-state index >= 15 is 0 Å². The van der Waals surface area contributed by atoms with Gasteiger partial charge in [-0.2, -0.15) is 0 Å². The first kappa shape index (κ1) is 18.7. The lowest BCUT2D eigenvalue weighted by Gasteiger charge is -2.31. The summed E-state index contributed by atoms with van der Waals surface area (Å²) < 4.78 is 11.7. The molecule has 2 heterocycles. The minimum Gasteiger partial charge on any atom is -0.491 e. The van der Waals surface area contributed by atoms with Crippen LogP contribution in [0.1, 0.15) is 49.5 Å². The standard InChI is InChI=1S/C19H26N2O5/c1-11-10-25-17-8-14(18(22)20-24)5-6-15(17)9-21(11)19(23)13(3)16-7-4-12(2)26-16/h5-6,8,11-13,16,24H,4,7,9-10H2,1-3H3,(H,20,22)/t11-,12?,13?,16?/m0/s1. The highest BCUT2D eigenvalue weighted by Crippen LogP contribution is 2.30. The van der Waals surface area contributed by atoms with Gasteiger partial charge in [0, 0.05) is 17.7 Å². The molecule has 7 heteroatoms. The maximum absolute atomic E-state index is 13.1. The van der Waals surface area contributed by atoms with Crippen LogP contribution in [0, 0.1) is 5.92 Å². The summed E-state index contributed by atoms with van der Waals surface area (Å²) in [5.74, 6) is -0.178. The van der Waals surface area contributed by atoms with E-state index in [-0.39, 0.29) is 30.1 Å². The number of rotatable bonds is 3. The fourth-order valence-electron chi connectivity index (χ4n) is 3.58. The molecule has 1 aromatic rings. The van der Waals surface area contributed by atoms with Crippen molar-refractivity contribution in [3.8, 4) is 5.75 Å². The molecule has 0 bridgehead atoms. The molecule has 1 fully saturated rings. The number of amides is 2. The van der Waals surface area contributed by atoms with E-state index < -0.39 is 5.91 Å². The van der Waals surface area contributed by atoms with E-state index in [2.05, 4.69) is 0 Å². The number of benzene rings is 1. The van der Waals surface area contributed by atoms with Gasteiger partial charge in [-0.15, -0.1) is 0 Å². The van der Waals surface area contributed by atoms with Gasteiger partial charge in [-0.1, -0.05) is 13.0 Å². The second kappa shape index (κ2) is 7.63. The third-order valence-corrected chi connectivity index (χ3v) is 5.28. The van der Waals surface area contributed by atoms with E-state index in [0.717, 1.165) is 18.4 Å². The number of nitrogens with zero attached hydrogens (tertiary/aromatic N) is 1. The third-order valence-electron chi connectivity index (χ3n) is 5.28. The van der Waals surface area contributed by atoms with Crippen molar-refractivity contribution in [2.24, 2.45) is 5.92 Å². The quantitative estimate of drug-likeness (QED) is 0.635. The average Bonchev–Trinajstić information content (AvgIpc) is 3.01. The zero-order valence-electron chi connectivity index (χ0n) is 15.4. The summed E-state index contributed by atoms with van der Waals surface area (Å²) >= 11 is 0. The maximum Gasteiger partial charge on any atom is 0.274 e. The second-order valence-corrected chi connectivity index (χ2v) is 7.24. The first-order valence-corrected chi connectivity index (χ1v) is 9.06. The number of hydrogen-bond acceptors (Lipinski definition) is 5. The van der Waals surface area contributed by atoms with Crippen LogP contribution >= 0.6 is 0 Å². The summed E-state index contributed by atoms with van der Waals surface area (Å²) in [6.45, 7) is 6.69. The fraction of sp³-hybridized carbons (Fsp3) is 0.579. The molecule has 0 aliphatic carbocycles. The maximum atomic E-state index is 13.1. The van der Waals surface area contributed by atoms with Crippen LogP contribution in [0.2, 0.25) is 0 Å². The SMILES string of the molecule is CC1CCC(C(C)C(=O)N2Cc3ccc(C(=O)NO)cc3OC[C@@H]2C)O1. The fourth-order valence-corrected chi connectivity index (χ4v) is 3.58. The molecule has 3 unspecified atom stereocenters. The normalized spacial score (nSPS) is 26.5. The molecule has 142 valence electrons. The Morgan fingerprint density at radius 1 is 1.31 bits per heavy atom. The van der Waals surface area contributed by atoms with Crippen LogP contribution in [0.3, 0.4) is 0 Å². The van der Waals surface area contributed by atoms with Crippen molar-refractivity contribution in [1.29, 1.82) is 0 Å². The van der Waals surface area contributed by atoms with E-state index in [1.165, 1.54) is 0 Å². The second-order valence-electron chi connectivity index (χ2n) is 7.24. The predicted molar refractivity (Wildman–Crippen MR) is 93.9 cm³/mol. The van der Waals surface area contributed by atoms with Gasteiger partial charge in [0.25, 0.3) is 5.91 Å². The summed E-state index contributed by atoms with van der Waals surface area (Å²) in [5.41, 5.74) is 2.76. The molecule has 2 N–H and O–H groups in total. The monoisotopic (exact) mass is 362 g/mol. The number of ether oxygens (including phenoxy) is 2. The van der Waals surface area contributed by atoms with Crippen molar-refractivity contribution < 1.29 is 24.3 Å². The van der Waals surface area contributed by atoms with Crippen molar-refractivity contribution in [3.63, 3.8) is 0 Å². The number of carbonyl (C=O) groups excluding carboxylic acids is 2. The van der Waals surface area contributed by atoms with Crippen molar-refractivity contribution in [1.82, 2.24) is 10.4 Å². The van der Waals surface area contributed by atoms with Gasteiger partial charge in [-0.05, 0) is 38.8 Å². The Bertz CT molecular complexity index is 693. The van der Waals surface area contributed by atoms with Gasteiger partial charge in [-0.3, -0.25) is 14.8 Å². The molecule has 1 saturated heterocycles. The number of carbonyl (C=O) groups is 2. The first-order chi connectivity index (χ1) is 12.4. The lowest BCUT2D eigenvalue weighted by Crippen LogP contribution is -2.45. The molecule has 26 heavy (non-hydrogen) atoms. The van der Waals surface area contributed by atoms with Crippen LogP contribution < -0.4 is 10.2 Å². The minimum absolute atomic E-state index is 0.0380. The van der Waals surface area contributed by atoms with Crippen molar-refractivity contribution in [2.75, 3.05) is 6.61 Å². The van der Waals surface area contributed by atoms with Gasteiger partial charge < -0.3 is 14.4 Å². The zero-order valence-corrected chi connectivity index (χ0v) is 15.4. The van der Waals surface area contributed by atoms with Gasteiger partial charge in [0.1, 0.15) is 12.4 Å². The number of hydrogen-bond donors (Lipinski definition) is 2. The Kier molecular flexibility index (Phi) is 5.48. The summed E-state index contributed by atoms with van der Waals surface area (Å²) in [7, 11) is 0. The molecule has 2 amide bonds. The van der Waals surface area contributed by atoms with Gasteiger partial charge in [-0.25, -0.2) is 5.48 Å². The highest BCUT2D eigenvalue weighted by Gasteiger charge is 2.36. The van der Waals surface area contributed by atoms with Gasteiger partial charge in [0.15, 0.2) is 0 Å². The van der Waals surface area contributed by atoms with Crippen molar-refractivity contribution in [2.45, 2.75) is 58.4 Å². The predicted octanol–water partition coefficient (Wildman–Crippen LogP) is 2.12. The molecule has 7 nitrogen and oxygen atoms in total. The molecule has 0 aromatic heterocycles.